The van der Waals surface area contributed by atoms with E-state index in [1.165, 1.54) is 0 Å². The molecule has 1 atom stereocenters. The average molecular weight is 440 g/mol. The molecule has 164 valence electrons. The van der Waals surface area contributed by atoms with E-state index >= 15 is 0 Å². The van der Waals surface area contributed by atoms with Crippen molar-refractivity contribution in [2.75, 3.05) is 13.2 Å². The number of hydrogen-bond acceptors (Lipinski definition) is 3. The number of fused-ring (bicyclic) bond motifs is 1. The summed E-state index contributed by atoms with van der Waals surface area (Å²) in [5.41, 5.74) is 1.97. The first kappa shape index (κ1) is 21.7. The Bertz CT molecular complexity index is 1050. The van der Waals surface area contributed by atoms with Gasteiger partial charge in [-0.1, -0.05) is 23.7 Å². The van der Waals surface area contributed by atoms with Gasteiger partial charge in [0, 0.05) is 36.0 Å². The van der Waals surface area contributed by atoms with E-state index in [9.17, 15) is 4.79 Å². The van der Waals surface area contributed by atoms with E-state index in [1.807, 2.05) is 35.2 Å². The maximum absolute atomic E-state index is 12.7. The molecule has 0 spiro atoms. The molecule has 31 heavy (non-hydrogen) atoms. The second-order valence-electron chi connectivity index (χ2n) is 9.20. The van der Waals surface area contributed by atoms with E-state index < -0.39 is 0 Å². The molecule has 1 saturated heterocycles. The number of carbonyl (C=O) groups excluding carboxylic acids is 1. The summed E-state index contributed by atoms with van der Waals surface area (Å²) in [5, 5.41) is 0.710. The summed E-state index contributed by atoms with van der Waals surface area (Å²) in [4.78, 5) is 19.6. The van der Waals surface area contributed by atoms with E-state index in [0.29, 0.717) is 18.1 Å². The fourth-order valence-electron chi connectivity index (χ4n) is 4.26. The molecule has 1 aliphatic rings. The lowest BCUT2D eigenvalue weighted by Gasteiger charge is -2.32. The standard InChI is InChI=1S/C25H30ClN3O2/c1-25(2,3)29-17-18(16-23(29)30)24-27-21-8-4-5-9-22(21)28(24)14-6-7-15-31-20-12-10-19(26)11-13-20/h4-5,8-13,18H,6-7,14-17H2,1-3H3/t18-/m0/s1. The third-order valence-corrected chi connectivity index (χ3v) is 6.09. The number of hydrogen-bond donors (Lipinski definition) is 0. The van der Waals surface area contributed by atoms with Crippen LogP contribution in [0.2, 0.25) is 5.02 Å². The largest absolute Gasteiger partial charge is 0.494 e. The maximum atomic E-state index is 12.7. The molecule has 5 nitrogen and oxygen atoms in total. The van der Waals surface area contributed by atoms with E-state index in [2.05, 4.69) is 43.5 Å². The van der Waals surface area contributed by atoms with Gasteiger partial charge in [-0.15, -0.1) is 0 Å². The van der Waals surface area contributed by atoms with Crippen LogP contribution >= 0.6 is 11.6 Å². The monoisotopic (exact) mass is 439 g/mol. The Balaban J connectivity index is 1.44. The topological polar surface area (TPSA) is 47.4 Å². The van der Waals surface area contributed by atoms with Crippen LogP contribution < -0.4 is 4.74 Å². The van der Waals surface area contributed by atoms with Gasteiger partial charge in [0.2, 0.25) is 5.91 Å². The number of imidazole rings is 1. The minimum atomic E-state index is -0.165. The lowest BCUT2D eigenvalue weighted by Crippen LogP contribution is -2.42. The van der Waals surface area contributed by atoms with Crippen molar-refractivity contribution >= 4 is 28.5 Å². The van der Waals surface area contributed by atoms with Gasteiger partial charge in [0.05, 0.1) is 17.6 Å². The van der Waals surface area contributed by atoms with Gasteiger partial charge in [-0.2, -0.15) is 0 Å². The molecule has 1 aliphatic heterocycles. The van der Waals surface area contributed by atoms with Gasteiger partial charge >= 0.3 is 0 Å². The summed E-state index contributed by atoms with van der Waals surface area (Å²) < 4.78 is 8.14. The number of carbonyl (C=O) groups is 1. The Morgan fingerprint density at radius 1 is 1.10 bits per heavy atom. The van der Waals surface area contributed by atoms with Crippen LogP contribution in [0, 0.1) is 0 Å². The summed E-state index contributed by atoms with van der Waals surface area (Å²) in [6.07, 6.45) is 2.44. The second kappa shape index (κ2) is 8.91. The molecule has 1 amide bonds. The molecule has 2 aromatic carbocycles. The van der Waals surface area contributed by atoms with Gasteiger partial charge in [-0.05, 0) is 70.0 Å². The van der Waals surface area contributed by atoms with Gasteiger partial charge in [-0.3, -0.25) is 4.79 Å². The van der Waals surface area contributed by atoms with Crippen LogP contribution in [-0.4, -0.2) is 39.0 Å². The molecule has 3 aromatic rings. The van der Waals surface area contributed by atoms with E-state index in [1.54, 1.807) is 0 Å². The Morgan fingerprint density at radius 2 is 1.84 bits per heavy atom. The normalized spacial score (nSPS) is 17.0. The summed E-state index contributed by atoms with van der Waals surface area (Å²) in [6, 6.07) is 15.7. The molecular weight excluding hydrogens is 410 g/mol. The van der Waals surface area contributed by atoms with Crippen LogP contribution in [0.4, 0.5) is 0 Å². The highest BCUT2D eigenvalue weighted by atomic mass is 35.5. The Morgan fingerprint density at radius 3 is 2.55 bits per heavy atom. The third-order valence-electron chi connectivity index (χ3n) is 5.84. The molecule has 2 heterocycles. The molecule has 0 bridgehead atoms. The first-order chi connectivity index (χ1) is 14.8. The van der Waals surface area contributed by atoms with Crippen molar-refractivity contribution in [3.63, 3.8) is 0 Å². The van der Waals surface area contributed by atoms with Gasteiger partial charge in [0.1, 0.15) is 11.6 Å². The quantitative estimate of drug-likeness (QED) is 0.446. The molecule has 0 radical (unpaired) electrons. The van der Waals surface area contributed by atoms with Crippen LogP contribution in [0.15, 0.2) is 48.5 Å². The summed E-state index contributed by atoms with van der Waals surface area (Å²) in [5.74, 6) is 2.21. The molecule has 4 rings (SSSR count). The first-order valence-corrected chi connectivity index (χ1v) is 11.3. The average Bonchev–Trinajstić information content (AvgIpc) is 3.30. The van der Waals surface area contributed by atoms with E-state index in [0.717, 1.165) is 48.5 Å². The molecular formula is C25H30ClN3O2. The smallest absolute Gasteiger partial charge is 0.223 e. The zero-order valence-electron chi connectivity index (χ0n) is 18.5. The molecule has 0 unspecified atom stereocenters. The van der Waals surface area contributed by atoms with Crippen molar-refractivity contribution in [3.05, 3.63) is 59.4 Å². The predicted molar refractivity (Wildman–Crippen MR) is 125 cm³/mol. The van der Waals surface area contributed by atoms with Gasteiger partial charge in [0.25, 0.3) is 0 Å². The molecule has 1 fully saturated rings. The number of aryl methyl sites for hydroxylation is 1. The Labute approximate surface area is 189 Å². The molecule has 1 aromatic heterocycles. The molecule has 6 heteroatoms. The molecule has 0 saturated carbocycles. The van der Waals surface area contributed by atoms with Crippen molar-refractivity contribution in [2.45, 2.75) is 58.0 Å². The fraction of sp³-hybridized carbons (Fsp3) is 0.440. The van der Waals surface area contributed by atoms with E-state index in [4.69, 9.17) is 21.3 Å². The number of unbranched alkanes of at least 4 members (excludes halogenated alkanes) is 1. The van der Waals surface area contributed by atoms with Gasteiger partial charge < -0.3 is 14.2 Å². The number of aromatic nitrogens is 2. The van der Waals surface area contributed by atoms with Crippen LogP contribution in [0.3, 0.4) is 0 Å². The molecule has 0 aliphatic carbocycles. The van der Waals surface area contributed by atoms with E-state index in [-0.39, 0.29) is 17.4 Å². The fourth-order valence-corrected chi connectivity index (χ4v) is 4.39. The van der Waals surface area contributed by atoms with Gasteiger partial charge in [0.15, 0.2) is 0 Å². The number of likely N-dealkylation sites (tertiary alicyclic amines) is 1. The summed E-state index contributed by atoms with van der Waals surface area (Å²) >= 11 is 5.92. The molecule has 0 N–H and O–H groups in total. The number of para-hydroxylation sites is 2. The van der Waals surface area contributed by atoms with Crippen molar-refractivity contribution in [1.29, 1.82) is 0 Å². The Hall–Kier alpha value is -2.53. The van der Waals surface area contributed by atoms with Crippen LogP contribution in [-0.2, 0) is 11.3 Å². The highest BCUT2D eigenvalue weighted by Crippen LogP contribution is 2.34. The lowest BCUT2D eigenvalue weighted by atomic mass is 10.1. The minimum Gasteiger partial charge on any atom is -0.494 e. The van der Waals surface area contributed by atoms with Crippen molar-refractivity contribution in [2.24, 2.45) is 0 Å². The zero-order chi connectivity index (χ0) is 22.0. The zero-order valence-corrected chi connectivity index (χ0v) is 19.2. The maximum Gasteiger partial charge on any atom is 0.223 e. The lowest BCUT2D eigenvalue weighted by molar-refractivity contribution is -0.131. The number of amides is 1. The van der Waals surface area contributed by atoms with Gasteiger partial charge in [-0.25, -0.2) is 4.98 Å². The second-order valence-corrected chi connectivity index (χ2v) is 9.63. The minimum absolute atomic E-state index is 0.129. The number of rotatable bonds is 7. The van der Waals surface area contributed by atoms with Crippen molar-refractivity contribution < 1.29 is 9.53 Å². The highest BCUT2D eigenvalue weighted by molar-refractivity contribution is 6.30. The Kier molecular flexibility index (Phi) is 6.24. The highest BCUT2D eigenvalue weighted by Gasteiger charge is 2.38. The summed E-state index contributed by atoms with van der Waals surface area (Å²) in [7, 11) is 0. The van der Waals surface area contributed by atoms with Crippen molar-refractivity contribution in [3.8, 4) is 5.75 Å². The predicted octanol–water partition coefficient (Wildman–Crippen LogP) is 5.66. The third kappa shape index (κ3) is 4.87. The van der Waals surface area contributed by atoms with Crippen LogP contribution in [0.1, 0.15) is 51.8 Å². The number of halogens is 1. The van der Waals surface area contributed by atoms with Crippen LogP contribution in [0.25, 0.3) is 11.0 Å². The van der Waals surface area contributed by atoms with Crippen molar-refractivity contribution in [1.82, 2.24) is 14.5 Å². The number of ether oxygens (including phenoxy) is 1. The first-order valence-electron chi connectivity index (χ1n) is 11.0. The van der Waals surface area contributed by atoms with Crippen LogP contribution in [0.5, 0.6) is 5.75 Å². The summed E-state index contributed by atoms with van der Waals surface area (Å²) in [6.45, 7) is 8.53. The number of benzene rings is 2. The SMILES string of the molecule is CC(C)(C)N1C[C@@H](c2nc3ccccc3n2CCCCOc2ccc(Cl)cc2)CC1=O. The number of nitrogens with zero attached hydrogens (tertiary/aromatic N) is 3.